The molecule has 0 spiro atoms. The van der Waals surface area contributed by atoms with Crippen LogP contribution in [0.2, 0.25) is 0 Å². The first-order valence-electron chi connectivity index (χ1n) is 5.70. The number of aryl methyl sites for hydroxylation is 1. The molecule has 0 saturated heterocycles. The standard InChI is InChI=1S/C13H14N4S/c1-2-10-7-17-12(18-10)8-16-11-5-3-4-9(6-14)13(11)15/h3-5,7,16H,2,8,15H2,1H3. The van der Waals surface area contributed by atoms with Gasteiger partial charge in [0.05, 0.1) is 23.5 Å². The molecule has 0 aliphatic carbocycles. The molecule has 0 amide bonds. The van der Waals surface area contributed by atoms with Crippen LogP contribution in [0, 0.1) is 11.3 Å². The summed E-state index contributed by atoms with van der Waals surface area (Å²) in [6.07, 6.45) is 2.90. The van der Waals surface area contributed by atoms with Crippen LogP contribution < -0.4 is 11.1 Å². The summed E-state index contributed by atoms with van der Waals surface area (Å²) >= 11 is 1.69. The first-order chi connectivity index (χ1) is 8.74. The molecule has 1 aromatic heterocycles. The summed E-state index contributed by atoms with van der Waals surface area (Å²) in [5.41, 5.74) is 7.65. The van der Waals surface area contributed by atoms with Crippen molar-refractivity contribution in [1.82, 2.24) is 4.98 Å². The van der Waals surface area contributed by atoms with Gasteiger partial charge in [-0.05, 0) is 18.6 Å². The summed E-state index contributed by atoms with van der Waals surface area (Å²) in [5.74, 6) is 0. The van der Waals surface area contributed by atoms with E-state index in [1.165, 1.54) is 4.88 Å². The van der Waals surface area contributed by atoms with E-state index < -0.39 is 0 Å². The fourth-order valence-corrected chi connectivity index (χ4v) is 2.38. The Morgan fingerprint density at radius 1 is 1.50 bits per heavy atom. The number of hydrogen-bond donors (Lipinski definition) is 2. The van der Waals surface area contributed by atoms with Crippen molar-refractivity contribution >= 4 is 22.7 Å². The van der Waals surface area contributed by atoms with Crippen molar-refractivity contribution in [3.63, 3.8) is 0 Å². The number of rotatable bonds is 4. The number of nitrogen functional groups attached to an aromatic ring is 1. The summed E-state index contributed by atoms with van der Waals surface area (Å²) in [7, 11) is 0. The Bertz CT molecular complexity index is 583. The molecule has 0 atom stereocenters. The molecule has 18 heavy (non-hydrogen) atoms. The van der Waals surface area contributed by atoms with Crippen LogP contribution in [0.4, 0.5) is 11.4 Å². The fourth-order valence-electron chi connectivity index (χ4n) is 1.58. The van der Waals surface area contributed by atoms with Crippen LogP contribution >= 0.6 is 11.3 Å². The second kappa shape index (κ2) is 5.52. The quantitative estimate of drug-likeness (QED) is 0.827. The average molecular weight is 258 g/mol. The maximum absolute atomic E-state index is 8.90. The maximum Gasteiger partial charge on any atom is 0.112 e. The number of aromatic nitrogens is 1. The average Bonchev–Trinajstić information content (AvgIpc) is 2.85. The molecule has 0 radical (unpaired) electrons. The van der Waals surface area contributed by atoms with Crippen LogP contribution in [0.15, 0.2) is 24.4 Å². The van der Waals surface area contributed by atoms with E-state index in [-0.39, 0.29) is 0 Å². The van der Waals surface area contributed by atoms with Crippen LogP contribution in [-0.4, -0.2) is 4.98 Å². The van der Waals surface area contributed by atoms with E-state index in [2.05, 4.69) is 23.3 Å². The SMILES string of the molecule is CCc1cnc(CNc2cccc(C#N)c2N)s1. The molecule has 4 nitrogen and oxygen atoms in total. The van der Waals surface area contributed by atoms with E-state index in [1.54, 1.807) is 17.4 Å². The maximum atomic E-state index is 8.90. The molecule has 92 valence electrons. The molecule has 0 saturated carbocycles. The number of nitrogens with one attached hydrogen (secondary N) is 1. The third-order valence-corrected chi connectivity index (χ3v) is 3.75. The van der Waals surface area contributed by atoms with Crippen molar-refractivity contribution in [2.24, 2.45) is 0 Å². The zero-order chi connectivity index (χ0) is 13.0. The Hall–Kier alpha value is -2.06. The van der Waals surface area contributed by atoms with Gasteiger partial charge < -0.3 is 11.1 Å². The lowest BCUT2D eigenvalue weighted by molar-refractivity contribution is 1.09. The molecule has 1 aromatic carbocycles. The molecule has 0 aliphatic rings. The molecule has 0 bridgehead atoms. The third-order valence-electron chi connectivity index (χ3n) is 2.61. The summed E-state index contributed by atoms with van der Waals surface area (Å²) in [4.78, 5) is 5.59. The van der Waals surface area contributed by atoms with Gasteiger partial charge in [0.15, 0.2) is 0 Å². The third kappa shape index (κ3) is 2.60. The minimum Gasteiger partial charge on any atom is -0.396 e. The second-order valence-electron chi connectivity index (χ2n) is 3.81. The molecule has 3 N–H and O–H groups in total. The van der Waals surface area contributed by atoms with Crippen molar-refractivity contribution in [1.29, 1.82) is 5.26 Å². The zero-order valence-corrected chi connectivity index (χ0v) is 10.9. The van der Waals surface area contributed by atoms with Gasteiger partial charge in [0.25, 0.3) is 0 Å². The van der Waals surface area contributed by atoms with Crippen molar-refractivity contribution in [3.8, 4) is 6.07 Å². The minimum absolute atomic E-state index is 0.493. The van der Waals surface area contributed by atoms with E-state index in [9.17, 15) is 0 Å². The Kier molecular flexibility index (Phi) is 3.80. The van der Waals surface area contributed by atoms with Gasteiger partial charge in [-0.1, -0.05) is 13.0 Å². The first-order valence-corrected chi connectivity index (χ1v) is 6.52. The summed E-state index contributed by atoms with van der Waals surface area (Å²) < 4.78 is 0. The van der Waals surface area contributed by atoms with Crippen LogP contribution in [0.5, 0.6) is 0 Å². The Labute approximate surface area is 110 Å². The van der Waals surface area contributed by atoms with Gasteiger partial charge in [0.1, 0.15) is 11.1 Å². The largest absolute Gasteiger partial charge is 0.396 e. The molecule has 0 unspecified atom stereocenters. The van der Waals surface area contributed by atoms with Gasteiger partial charge in [0, 0.05) is 11.1 Å². The molecule has 2 aromatic rings. The molecule has 5 heteroatoms. The Balaban J connectivity index is 2.09. The zero-order valence-electron chi connectivity index (χ0n) is 10.1. The van der Waals surface area contributed by atoms with Gasteiger partial charge in [0.2, 0.25) is 0 Å². The number of benzene rings is 1. The Morgan fingerprint density at radius 2 is 2.33 bits per heavy atom. The summed E-state index contributed by atoms with van der Waals surface area (Å²) in [6, 6.07) is 7.46. The number of nitrogens with two attached hydrogens (primary N) is 1. The number of para-hydroxylation sites is 1. The van der Waals surface area contributed by atoms with Crippen molar-refractivity contribution in [3.05, 3.63) is 39.8 Å². The number of hydrogen-bond acceptors (Lipinski definition) is 5. The van der Waals surface area contributed by atoms with Crippen LogP contribution in [0.25, 0.3) is 0 Å². The lowest BCUT2D eigenvalue weighted by Gasteiger charge is -2.08. The topological polar surface area (TPSA) is 74.7 Å². The van der Waals surface area contributed by atoms with Gasteiger partial charge in [-0.3, -0.25) is 0 Å². The van der Waals surface area contributed by atoms with Gasteiger partial charge in [-0.15, -0.1) is 11.3 Å². The molecule has 0 fully saturated rings. The first kappa shape index (κ1) is 12.4. The van der Waals surface area contributed by atoms with E-state index in [0.29, 0.717) is 17.8 Å². The number of nitrogens with zero attached hydrogens (tertiary/aromatic N) is 2. The lowest BCUT2D eigenvalue weighted by atomic mass is 10.1. The number of thiazole rings is 1. The minimum atomic E-state index is 0.493. The van der Waals surface area contributed by atoms with Gasteiger partial charge >= 0.3 is 0 Å². The molecule has 2 rings (SSSR count). The molecular formula is C13H14N4S. The van der Waals surface area contributed by atoms with Gasteiger partial charge in [-0.2, -0.15) is 5.26 Å². The highest BCUT2D eigenvalue weighted by Crippen LogP contribution is 2.23. The summed E-state index contributed by atoms with van der Waals surface area (Å²) in [6.45, 7) is 2.74. The highest BCUT2D eigenvalue weighted by atomic mass is 32.1. The number of anilines is 2. The van der Waals surface area contributed by atoms with Crippen molar-refractivity contribution < 1.29 is 0 Å². The van der Waals surface area contributed by atoms with E-state index in [0.717, 1.165) is 17.1 Å². The summed E-state index contributed by atoms with van der Waals surface area (Å²) in [5, 5.41) is 13.1. The predicted molar refractivity (Wildman–Crippen MR) is 74.4 cm³/mol. The number of nitriles is 1. The molecule has 0 aliphatic heterocycles. The van der Waals surface area contributed by atoms with Gasteiger partial charge in [-0.25, -0.2) is 4.98 Å². The highest BCUT2D eigenvalue weighted by molar-refractivity contribution is 7.11. The lowest BCUT2D eigenvalue weighted by Crippen LogP contribution is -2.03. The van der Waals surface area contributed by atoms with Crippen LogP contribution in [0.1, 0.15) is 22.4 Å². The van der Waals surface area contributed by atoms with Crippen LogP contribution in [0.3, 0.4) is 0 Å². The monoisotopic (exact) mass is 258 g/mol. The predicted octanol–water partition coefficient (Wildman–Crippen LogP) is 2.77. The van der Waals surface area contributed by atoms with Crippen molar-refractivity contribution in [2.45, 2.75) is 19.9 Å². The molecular weight excluding hydrogens is 244 g/mol. The van der Waals surface area contributed by atoms with Crippen LogP contribution in [-0.2, 0) is 13.0 Å². The molecule has 1 heterocycles. The van der Waals surface area contributed by atoms with E-state index in [4.69, 9.17) is 11.0 Å². The Morgan fingerprint density at radius 3 is 3.00 bits per heavy atom. The normalized spacial score (nSPS) is 10.0. The second-order valence-corrected chi connectivity index (χ2v) is 5.01. The van der Waals surface area contributed by atoms with E-state index >= 15 is 0 Å². The smallest absolute Gasteiger partial charge is 0.112 e. The van der Waals surface area contributed by atoms with E-state index in [1.807, 2.05) is 18.3 Å². The highest BCUT2D eigenvalue weighted by Gasteiger charge is 2.05. The fraction of sp³-hybridized carbons (Fsp3) is 0.231. The van der Waals surface area contributed by atoms with Crippen molar-refractivity contribution in [2.75, 3.05) is 11.1 Å².